The summed E-state index contributed by atoms with van der Waals surface area (Å²) in [4.78, 5) is 0. The highest BCUT2D eigenvalue weighted by Gasteiger charge is 1.93. The molecule has 1 heterocycles. The molecular weight excluding hydrogens is 170 g/mol. The molecule has 0 bridgehead atoms. The summed E-state index contributed by atoms with van der Waals surface area (Å²) >= 11 is 1.88. The molecule has 4 heteroatoms. The van der Waals surface area contributed by atoms with Gasteiger partial charge in [-0.3, -0.25) is 4.68 Å². The van der Waals surface area contributed by atoms with Gasteiger partial charge in [-0.1, -0.05) is 0 Å². The monoisotopic (exact) mass is 185 g/mol. The first-order valence-electron chi connectivity index (χ1n) is 4.05. The van der Waals surface area contributed by atoms with E-state index in [2.05, 4.69) is 16.7 Å². The summed E-state index contributed by atoms with van der Waals surface area (Å²) in [6, 6.07) is 1.99. The van der Waals surface area contributed by atoms with Gasteiger partial charge in [0.15, 0.2) is 0 Å². The number of aryl methyl sites for hydroxylation is 1. The molecule has 0 aliphatic heterocycles. The fourth-order valence-electron chi connectivity index (χ4n) is 0.942. The van der Waals surface area contributed by atoms with E-state index < -0.39 is 0 Å². The Morgan fingerprint density at radius 1 is 1.67 bits per heavy atom. The number of hydrogen-bond acceptors (Lipinski definition) is 3. The van der Waals surface area contributed by atoms with E-state index in [0.717, 1.165) is 12.4 Å². The van der Waals surface area contributed by atoms with Crippen molar-refractivity contribution in [2.75, 3.05) is 23.9 Å². The zero-order valence-corrected chi connectivity index (χ0v) is 8.40. The number of hydrogen-bond donors (Lipinski definition) is 1. The van der Waals surface area contributed by atoms with Gasteiger partial charge in [0.2, 0.25) is 0 Å². The van der Waals surface area contributed by atoms with E-state index in [0.29, 0.717) is 0 Å². The summed E-state index contributed by atoms with van der Waals surface area (Å²) < 4.78 is 1.80. The highest BCUT2D eigenvalue weighted by atomic mass is 32.2. The van der Waals surface area contributed by atoms with Crippen LogP contribution in [0, 0.1) is 0 Å². The van der Waals surface area contributed by atoms with E-state index in [4.69, 9.17) is 0 Å². The van der Waals surface area contributed by atoms with Gasteiger partial charge in [0.1, 0.15) is 5.82 Å². The van der Waals surface area contributed by atoms with E-state index in [-0.39, 0.29) is 0 Å². The smallest absolute Gasteiger partial charge is 0.147 e. The molecule has 0 spiro atoms. The molecule has 0 radical (unpaired) electrons. The van der Waals surface area contributed by atoms with Crippen LogP contribution < -0.4 is 5.32 Å². The minimum absolute atomic E-state index is 0.971. The Bertz CT molecular complexity index is 222. The minimum Gasteiger partial charge on any atom is -0.369 e. The van der Waals surface area contributed by atoms with Crippen LogP contribution >= 0.6 is 11.8 Å². The van der Waals surface area contributed by atoms with E-state index in [1.54, 1.807) is 4.68 Å². The van der Waals surface area contributed by atoms with E-state index in [1.807, 2.05) is 31.1 Å². The van der Waals surface area contributed by atoms with E-state index >= 15 is 0 Å². The predicted molar refractivity (Wildman–Crippen MR) is 54.7 cm³/mol. The Morgan fingerprint density at radius 3 is 3.08 bits per heavy atom. The first-order chi connectivity index (χ1) is 5.83. The van der Waals surface area contributed by atoms with Crippen molar-refractivity contribution in [1.82, 2.24) is 9.78 Å². The van der Waals surface area contributed by atoms with Gasteiger partial charge in [0.05, 0.1) is 0 Å². The molecule has 0 unspecified atom stereocenters. The largest absolute Gasteiger partial charge is 0.369 e. The molecule has 1 rings (SSSR count). The van der Waals surface area contributed by atoms with Crippen molar-refractivity contribution in [2.24, 2.45) is 7.05 Å². The molecule has 1 aromatic heterocycles. The predicted octanol–water partition coefficient (Wildman–Crippen LogP) is 1.59. The number of rotatable bonds is 5. The zero-order valence-electron chi connectivity index (χ0n) is 7.58. The number of aromatic nitrogens is 2. The standard InChI is InChI=1S/C8H15N3S/c1-11-6-4-8(10-11)9-5-3-7-12-2/h4,6H,3,5,7H2,1-2H3,(H,9,10). The molecule has 0 fully saturated rings. The van der Waals surface area contributed by atoms with Crippen LogP contribution in [-0.4, -0.2) is 28.3 Å². The lowest BCUT2D eigenvalue weighted by atomic mass is 10.5. The SMILES string of the molecule is CSCCCNc1ccn(C)n1. The van der Waals surface area contributed by atoms with E-state index in [1.165, 1.54) is 12.2 Å². The maximum atomic E-state index is 4.21. The summed E-state index contributed by atoms with van der Waals surface area (Å²) in [6.07, 6.45) is 5.26. The van der Waals surface area contributed by atoms with Gasteiger partial charge in [-0.15, -0.1) is 0 Å². The molecule has 0 amide bonds. The molecule has 0 saturated carbocycles. The number of nitrogens with zero attached hydrogens (tertiary/aromatic N) is 2. The van der Waals surface area contributed by atoms with Crippen molar-refractivity contribution in [2.45, 2.75) is 6.42 Å². The van der Waals surface area contributed by atoms with Crippen LogP contribution in [0.5, 0.6) is 0 Å². The lowest BCUT2D eigenvalue weighted by Gasteiger charge is -2.00. The molecule has 0 aliphatic rings. The summed E-state index contributed by atoms with van der Waals surface area (Å²) in [5, 5.41) is 7.46. The van der Waals surface area contributed by atoms with E-state index in [9.17, 15) is 0 Å². The molecule has 0 saturated heterocycles. The fourth-order valence-corrected chi connectivity index (χ4v) is 1.38. The lowest BCUT2D eigenvalue weighted by molar-refractivity contribution is 0.767. The number of thioether (sulfide) groups is 1. The van der Waals surface area contributed by atoms with Crippen molar-refractivity contribution in [3.63, 3.8) is 0 Å². The second kappa shape index (κ2) is 5.09. The minimum atomic E-state index is 0.971. The third-order valence-corrected chi connectivity index (χ3v) is 2.24. The van der Waals surface area contributed by atoms with Gasteiger partial charge in [-0.05, 0) is 18.4 Å². The Kier molecular flexibility index (Phi) is 4.00. The molecule has 1 aromatic rings. The normalized spacial score (nSPS) is 10.2. The number of anilines is 1. The van der Waals surface area contributed by atoms with Crippen LogP contribution in [0.4, 0.5) is 5.82 Å². The summed E-state index contributed by atoms with van der Waals surface area (Å²) in [7, 11) is 1.92. The van der Waals surface area contributed by atoms with Crippen LogP contribution in [0.2, 0.25) is 0 Å². The maximum absolute atomic E-state index is 4.21. The summed E-state index contributed by atoms with van der Waals surface area (Å²) in [5.41, 5.74) is 0. The van der Waals surface area contributed by atoms with Crippen molar-refractivity contribution >= 4 is 17.6 Å². The Hall–Kier alpha value is -0.640. The Morgan fingerprint density at radius 2 is 2.50 bits per heavy atom. The van der Waals surface area contributed by atoms with Crippen LogP contribution in [-0.2, 0) is 7.05 Å². The van der Waals surface area contributed by atoms with Crippen LogP contribution in [0.3, 0.4) is 0 Å². The Labute approximate surface area is 77.5 Å². The van der Waals surface area contributed by atoms with Gasteiger partial charge >= 0.3 is 0 Å². The van der Waals surface area contributed by atoms with Crippen LogP contribution in [0.15, 0.2) is 12.3 Å². The zero-order chi connectivity index (χ0) is 8.81. The second-order valence-electron chi connectivity index (χ2n) is 2.65. The fraction of sp³-hybridized carbons (Fsp3) is 0.625. The van der Waals surface area contributed by atoms with Gasteiger partial charge in [0, 0.05) is 25.9 Å². The maximum Gasteiger partial charge on any atom is 0.147 e. The highest BCUT2D eigenvalue weighted by Crippen LogP contribution is 2.01. The van der Waals surface area contributed by atoms with Crippen LogP contribution in [0.25, 0.3) is 0 Å². The summed E-state index contributed by atoms with van der Waals surface area (Å²) in [6.45, 7) is 1.01. The van der Waals surface area contributed by atoms with Crippen molar-refractivity contribution in [3.05, 3.63) is 12.3 Å². The second-order valence-corrected chi connectivity index (χ2v) is 3.63. The molecule has 0 aromatic carbocycles. The average molecular weight is 185 g/mol. The molecule has 0 aliphatic carbocycles. The van der Waals surface area contributed by atoms with Crippen molar-refractivity contribution in [3.8, 4) is 0 Å². The molecule has 0 atom stereocenters. The van der Waals surface area contributed by atoms with Gasteiger partial charge < -0.3 is 5.32 Å². The van der Waals surface area contributed by atoms with Gasteiger partial charge in [-0.2, -0.15) is 16.9 Å². The van der Waals surface area contributed by atoms with Gasteiger partial charge in [0.25, 0.3) is 0 Å². The average Bonchev–Trinajstić information content (AvgIpc) is 2.45. The van der Waals surface area contributed by atoms with Crippen molar-refractivity contribution < 1.29 is 0 Å². The Balaban J connectivity index is 2.15. The van der Waals surface area contributed by atoms with Gasteiger partial charge in [-0.25, -0.2) is 0 Å². The molecule has 68 valence electrons. The molecule has 12 heavy (non-hydrogen) atoms. The quantitative estimate of drug-likeness (QED) is 0.706. The van der Waals surface area contributed by atoms with Crippen molar-refractivity contribution in [1.29, 1.82) is 0 Å². The first-order valence-corrected chi connectivity index (χ1v) is 5.45. The topological polar surface area (TPSA) is 29.9 Å². The number of nitrogens with one attached hydrogen (secondary N) is 1. The third-order valence-electron chi connectivity index (χ3n) is 1.54. The summed E-state index contributed by atoms with van der Waals surface area (Å²) in [5.74, 6) is 2.18. The third kappa shape index (κ3) is 3.17. The first kappa shape index (κ1) is 9.45. The highest BCUT2D eigenvalue weighted by molar-refractivity contribution is 7.98. The molecular formula is C8H15N3S. The molecule has 3 nitrogen and oxygen atoms in total. The van der Waals surface area contributed by atoms with Crippen LogP contribution in [0.1, 0.15) is 6.42 Å². The lowest BCUT2D eigenvalue weighted by Crippen LogP contribution is -2.03. The molecule has 1 N–H and O–H groups in total.